The molecule has 0 amide bonds. The minimum absolute atomic E-state index is 0. The maximum absolute atomic E-state index is 10.2. The summed E-state index contributed by atoms with van der Waals surface area (Å²) in [6.45, 7) is 0. The quantitative estimate of drug-likeness (QED) is 0.418. The van der Waals surface area contributed by atoms with Crippen molar-refractivity contribution in [2.45, 2.75) is 0 Å². The Morgan fingerprint density at radius 3 is 2.14 bits per heavy atom. The summed E-state index contributed by atoms with van der Waals surface area (Å²) in [5.74, 6) is -0.587. The molecule has 1 aromatic rings. The maximum atomic E-state index is 10.2. The molecule has 1 rings (SSSR count). The number of nitrogens with zero attached hydrogens (tertiary/aromatic N) is 2. The molecule has 0 aliphatic rings. The van der Waals surface area contributed by atoms with Crippen LogP contribution in [0.2, 0.25) is 0 Å². The van der Waals surface area contributed by atoms with Gasteiger partial charge < -0.3 is 5.11 Å². The number of non-ortho nitro benzene ring substituents is 1. The first-order valence-electron chi connectivity index (χ1n) is 3.14. The summed E-state index contributed by atoms with van der Waals surface area (Å²) in [5.41, 5.74) is -1.10. The normalized spacial score (nSPS) is 8.86. The molecule has 0 aromatic heterocycles. The summed E-state index contributed by atoms with van der Waals surface area (Å²) < 4.78 is 0. The van der Waals surface area contributed by atoms with Crippen LogP contribution in [-0.2, 0) is 0 Å². The molecule has 1 N–H and O–H groups in total. The van der Waals surface area contributed by atoms with Crippen LogP contribution >= 0.6 is 0 Å². The fourth-order valence-electron chi connectivity index (χ4n) is 0.772. The first-order chi connectivity index (χ1) is 6.02. The Hall–Kier alpha value is -1.58. The van der Waals surface area contributed by atoms with Gasteiger partial charge in [-0.2, -0.15) is 0 Å². The summed E-state index contributed by atoms with van der Waals surface area (Å²) in [6, 6.07) is 2.61. The van der Waals surface area contributed by atoms with Gasteiger partial charge in [0.1, 0.15) is 0 Å². The zero-order chi connectivity index (χ0) is 10.0. The molecule has 14 heavy (non-hydrogen) atoms. The van der Waals surface area contributed by atoms with Crippen molar-refractivity contribution in [2.24, 2.45) is 0 Å². The second-order valence-electron chi connectivity index (χ2n) is 2.19. The third kappa shape index (κ3) is 2.45. The number of hydrogen-bond donors (Lipinski definition) is 1. The van der Waals surface area contributed by atoms with Crippen LogP contribution in [0.1, 0.15) is 0 Å². The van der Waals surface area contributed by atoms with Gasteiger partial charge in [-0.05, 0) is 6.07 Å². The van der Waals surface area contributed by atoms with Crippen molar-refractivity contribution in [3.8, 4) is 5.75 Å². The third-order valence-corrected chi connectivity index (χ3v) is 1.37. The molecule has 0 bridgehead atoms. The molecule has 0 saturated carbocycles. The summed E-state index contributed by atoms with van der Waals surface area (Å²) in [4.78, 5) is 18.7. The molecule has 0 radical (unpaired) electrons. The standard InChI is InChI=1S/C6H4N2O5.Li.H/c9-6-2-1-4(7(10)11)3-5(6)8(12)13;;/h1-3,9H;;. The molecular formula is C6H5LiN2O5. The van der Waals surface area contributed by atoms with Gasteiger partial charge in [0.15, 0.2) is 5.75 Å². The minimum atomic E-state index is -0.887. The fourth-order valence-corrected chi connectivity index (χ4v) is 0.772. The van der Waals surface area contributed by atoms with Crippen molar-refractivity contribution in [1.29, 1.82) is 0 Å². The van der Waals surface area contributed by atoms with Gasteiger partial charge >= 0.3 is 24.5 Å². The van der Waals surface area contributed by atoms with Gasteiger partial charge in [0.05, 0.1) is 15.9 Å². The van der Waals surface area contributed by atoms with Gasteiger partial charge in [0, 0.05) is 6.07 Å². The zero-order valence-corrected chi connectivity index (χ0v) is 6.21. The van der Waals surface area contributed by atoms with E-state index >= 15 is 0 Å². The van der Waals surface area contributed by atoms with E-state index in [-0.39, 0.29) is 18.9 Å². The zero-order valence-electron chi connectivity index (χ0n) is 6.21. The van der Waals surface area contributed by atoms with Gasteiger partial charge in [0.2, 0.25) is 0 Å². The number of nitro groups is 2. The van der Waals surface area contributed by atoms with Crippen LogP contribution in [0.15, 0.2) is 18.2 Å². The van der Waals surface area contributed by atoms with Crippen LogP contribution in [0.5, 0.6) is 5.75 Å². The second-order valence-corrected chi connectivity index (χ2v) is 2.19. The number of rotatable bonds is 2. The predicted octanol–water partition coefficient (Wildman–Crippen LogP) is 0.560. The van der Waals surface area contributed by atoms with Crippen LogP contribution in [0, 0.1) is 20.2 Å². The molecule has 0 fully saturated rings. The molecule has 0 saturated heterocycles. The Balaban J connectivity index is 0.00000169. The van der Waals surface area contributed by atoms with Crippen LogP contribution in [0.4, 0.5) is 11.4 Å². The van der Waals surface area contributed by atoms with Gasteiger partial charge in [0.25, 0.3) is 5.69 Å². The molecule has 0 heterocycles. The van der Waals surface area contributed by atoms with Crippen LogP contribution in [-0.4, -0.2) is 33.8 Å². The van der Waals surface area contributed by atoms with Crippen molar-refractivity contribution in [1.82, 2.24) is 0 Å². The average molecular weight is 192 g/mol. The van der Waals surface area contributed by atoms with Gasteiger partial charge in [-0.15, -0.1) is 0 Å². The molecule has 0 aliphatic carbocycles. The molecule has 0 atom stereocenters. The van der Waals surface area contributed by atoms with E-state index in [1.165, 1.54) is 0 Å². The second kappa shape index (κ2) is 4.60. The molecule has 1 aromatic carbocycles. The number of benzene rings is 1. The third-order valence-electron chi connectivity index (χ3n) is 1.37. The van der Waals surface area contributed by atoms with Gasteiger partial charge in [-0.1, -0.05) is 0 Å². The molecule has 0 aliphatic heterocycles. The molecule has 70 valence electrons. The Morgan fingerprint density at radius 1 is 1.14 bits per heavy atom. The van der Waals surface area contributed by atoms with E-state index in [1.54, 1.807) is 0 Å². The SMILES string of the molecule is O=[N+]([O-])c1ccc(O)c([N+](=O)[O-])c1.[LiH]. The molecule has 7 nitrogen and oxygen atoms in total. The van der Waals surface area contributed by atoms with Crippen molar-refractivity contribution < 1.29 is 15.0 Å². The number of nitro benzene ring substituents is 2. The first-order valence-corrected chi connectivity index (χ1v) is 3.14. The number of phenolic OH excluding ortho intramolecular Hbond substituents is 1. The Labute approximate surface area is 89.8 Å². The van der Waals surface area contributed by atoms with Crippen LogP contribution < -0.4 is 0 Å². The average Bonchev–Trinajstić information content (AvgIpc) is 2.04. The molecule has 0 spiro atoms. The molecular weight excluding hydrogens is 187 g/mol. The van der Waals surface area contributed by atoms with E-state index < -0.39 is 27.0 Å². The van der Waals surface area contributed by atoms with Crippen molar-refractivity contribution in [3.05, 3.63) is 38.4 Å². The van der Waals surface area contributed by atoms with Crippen LogP contribution in [0.3, 0.4) is 0 Å². The van der Waals surface area contributed by atoms with E-state index in [2.05, 4.69) is 0 Å². The number of aromatic hydroxyl groups is 1. The Bertz CT molecular complexity index is 380. The van der Waals surface area contributed by atoms with Crippen molar-refractivity contribution in [3.63, 3.8) is 0 Å². The van der Waals surface area contributed by atoms with Crippen molar-refractivity contribution >= 4 is 30.2 Å². The monoisotopic (exact) mass is 192 g/mol. The Kier molecular flexibility index (Phi) is 4.08. The topological polar surface area (TPSA) is 107 Å². The molecule has 0 unspecified atom stereocenters. The summed E-state index contributed by atoms with van der Waals surface area (Å²) in [6.07, 6.45) is 0. The van der Waals surface area contributed by atoms with E-state index in [9.17, 15) is 20.2 Å². The molecule has 8 heteroatoms. The van der Waals surface area contributed by atoms with E-state index in [0.717, 1.165) is 12.1 Å². The van der Waals surface area contributed by atoms with E-state index in [0.29, 0.717) is 6.07 Å². The van der Waals surface area contributed by atoms with Gasteiger partial charge in [-0.25, -0.2) is 0 Å². The van der Waals surface area contributed by atoms with E-state index in [1.807, 2.05) is 0 Å². The van der Waals surface area contributed by atoms with Crippen molar-refractivity contribution in [2.75, 3.05) is 0 Å². The number of phenols is 1. The van der Waals surface area contributed by atoms with E-state index in [4.69, 9.17) is 5.11 Å². The first kappa shape index (κ1) is 12.4. The summed E-state index contributed by atoms with van der Waals surface area (Å²) in [7, 11) is 0. The fraction of sp³-hybridized carbons (Fsp3) is 0. The predicted molar refractivity (Wildman–Crippen MR) is 48.6 cm³/mol. The summed E-state index contributed by atoms with van der Waals surface area (Å²) in [5, 5.41) is 29.3. The summed E-state index contributed by atoms with van der Waals surface area (Å²) >= 11 is 0. The van der Waals surface area contributed by atoms with Crippen LogP contribution in [0.25, 0.3) is 0 Å². The Morgan fingerprint density at radius 2 is 1.71 bits per heavy atom. The van der Waals surface area contributed by atoms with Gasteiger partial charge in [-0.3, -0.25) is 20.2 Å². The number of hydrogen-bond acceptors (Lipinski definition) is 5.